The molecule has 0 atom stereocenters. The third-order valence-electron chi connectivity index (χ3n) is 2.75. The SMILES string of the molecule is Nc1ccc2oc(=O)c3ccccc3c2c1Br. The fourth-order valence-corrected chi connectivity index (χ4v) is 2.49. The van der Waals surface area contributed by atoms with Crippen LogP contribution < -0.4 is 11.4 Å². The van der Waals surface area contributed by atoms with Gasteiger partial charge in [0.15, 0.2) is 0 Å². The van der Waals surface area contributed by atoms with E-state index in [0.29, 0.717) is 16.7 Å². The van der Waals surface area contributed by atoms with Crippen LogP contribution in [0.25, 0.3) is 21.7 Å². The van der Waals surface area contributed by atoms with Gasteiger partial charge in [-0.3, -0.25) is 0 Å². The van der Waals surface area contributed by atoms with Gasteiger partial charge in [-0.1, -0.05) is 18.2 Å². The lowest BCUT2D eigenvalue weighted by molar-refractivity contribution is 0.569. The quantitative estimate of drug-likeness (QED) is 0.392. The lowest BCUT2D eigenvalue weighted by atomic mass is 10.1. The Bertz CT molecular complexity index is 792. The Morgan fingerprint density at radius 3 is 2.53 bits per heavy atom. The summed E-state index contributed by atoms with van der Waals surface area (Å²) in [5, 5.41) is 2.24. The number of benzene rings is 2. The summed E-state index contributed by atoms with van der Waals surface area (Å²) in [6.07, 6.45) is 0. The van der Waals surface area contributed by atoms with Crippen LogP contribution in [0.1, 0.15) is 0 Å². The minimum absolute atomic E-state index is 0.329. The Kier molecular flexibility index (Phi) is 2.19. The highest BCUT2D eigenvalue weighted by molar-refractivity contribution is 9.10. The summed E-state index contributed by atoms with van der Waals surface area (Å²) in [6.45, 7) is 0. The van der Waals surface area contributed by atoms with Crippen LogP contribution in [-0.4, -0.2) is 0 Å². The Morgan fingerprint density at radius 2 is 1.76 bits per heavy atom. The Hall–Kier alpha value is -1.81. The number of fused-ring (bicyclic) bond motifs is 3. The van der Waals surface area contributed by atoms with Crippen molar-refractivity contribution >= 4 is 43.4 Å². The summed E-state index contributed by atoms with van der Waals surface area (Å²) in [7, 11) is 0. The van der Waals surface area contributed by atoms with E-state index in [1.807, 2.05) is 18.2 Å². The maximum atomic E-state index is 11.8. The standard InChI is InChI=1S/C13H8BrNO2/c14-12-9(15)5-6-10-11(12)7-3-1-2-4-8(7)13(16)17-10/h1-6H,15H2. The number of halogens is 1. The van der Waals surface area contributed by atoms with Crippen molar-refractivity contribution in [3.8, 4) is 0 Å². The number of nitrogens with two attached hydrogens (primary N) is 1. The van der Waals surface area contributed by atoms with Crippen molar-refractivity contribution in [3.63, 3.8) is 0 Å². The van der Waals surface area contributed by atoms with Crippen LogP contribution in [0.5, 0.6) is 0 Å². The molecule has 17 heavy (non-hydrogen) atoms. The van der Waals surface area contributed by atoms with Crippen molar-refractivity contribution < 1.29 is 4.42 Å². The lowest BCUT2D eigenvalue weighted by Gasteiger charge is -2.06. The Labute approximate surface area is 105 Å². The zero-order chi connectivity index (χ0) is 12.0. The fraction of sp³-hybridized carbons (Fsp3) is 0. The number of nitrogen functional groups attached to an aromatic ring is 1. The maximum absolute atomic E-state index is 11.8. The molecule has 0 radical (unpaired) electrons. The molecular formula is C13H8BrNO2. The summed E-state index contributed by atoms with van der Waals surface area (Å²) in [5.41, 5.74) is 6.68. The van der Waals surface area contributed by atoms with E-state index in [4.69, 9.17) is 10.2 Å². The van der Waals surface area contributed by atoms with E-state index in [0.717, 1.165) is 15.2 Å². The number of anilines is 1. The lowest BCUT2D eigenvalue weighted by Crippen LogP contribution is -2.00. The predicted molar refractivity (Wildman–Crippen MR) is 72.1 cm³/mol. The molecule has 2 N–H and O–H groups in total. The van der Waals surface area contributed by atoms with Crippen molar-refractivity contribution in [3.05, 3.63) is 51.3 Å². The Balaban J connectivity index is 2.71. The molecule has 0 bridgehead atoms. The molecule has 0 aliphatic rings. The van der Waals surface area contributed by atoms with Gasteiger partial charge in [-0.05, 0) is 34.1 Å². The second kappa shape index (κ2) is 3.60. The summed E-state index contributed by atoms with van der Waals surface area (Å²) in [5.74, 6) is 0. The van der Waals surface area contributed by atoms with Gasteiger partial charge in [-0.25, -0.2) is 4.79 Å². The van der Waals surface area contributed by atoms with Gasteiger partial charge in [0.05, 0.1) is 9.86 Å². The van der Waals surface area contributed by atoms with Gasteiger partial charge in [0.1, 0.15) is 5.58 Å². The molecule has 0 spiro atoms. The molecule has 0 aliphatic heterocycles. The molecule has 3 aromatic rings. The van der Waals surface area contributed by atoms with Gasteiger partial charge in [-0.15, -0.1) is 0 Å². The van der Waals surface area contributed by atoms with Crippen LogP contribution in [-0.2, 0) is 0 Å². The van der Waals surface area contributed by atoms with Crippen LogP contribution in [0, 0.1) is 0 Å². The molecule has 2 aromatic carbocycles. The van der Waals surface area contributed by atoms with Gasteiger partial charge in [0.2, 0.25) is 0 Å². The topological polar surface area (TPSA) is 56.2 Å². The first-order chi connectivity index (χ1) is 8.18. The van der Waals surface area contributed by atoms with Crippen molar-refractivity contribution in [1.29, 1.82) is 0 Å². The number of rotatable bonds is 0. The van der Waals surface area contributed by atoms with Crippen LogP contribution in [0.2, 0.25) is 0 Å². The van der Waals surface area contributed by atoms with Crippen molar-refractivity contribution in [2.75, 3.05) is 5.73 Å². The minimum atomic E-state index is -0.329. The van der Waals surface area contributed by atoms with Gasteiger partial charge in [0, 0.05) is 16.5 Å². The molecule has 0 saturated carbocycles. The molecule has 1 heterocycles. The fourth-order valence-electron chi connectivity index (χ4n) is 1.94. The molecule has 1 aromatic heterocycles. The first kappa shape index (κ1) is 10.4. The number of hydrogen-bond acceptors (Lipinski definition) is 3. The first-order valence-electron chi connectivity index (χ1n) is 5.08. The van der Waals surface area contributed by atoms with Crippen LogP contribution in [0.15, 0.2) is 50.1 Å². The predicted octanol–water partition coefficient (Wildman–Crippen LogP) is 3.29. The molecule has 0 fully saturated rings. The normalized spacial score (nSPS) is 11.1. The van der Waals surface area contributed by atoms with Crippen LogP contribution in [0.3, 0.4) is 0 Å². The van der Waals surface area contributed by atoms with E-state index in [1.165, 1.54) is 0 Å². The van der Waals surface area contributed by atoms with Crippen molar-refractivity contribution in [2.24, 2.45) is 0 Å². The highest BCUT2D eigenvalue weighted by atomic mass is 79.9. The maximum Gasteiger partial charge on any atom is 0.344 e. The molecule has 0 saturated heterocycles. The van der Waals surface area contributed by atoms with Gasteiger partial charge < -0.3 is 10.2 Å². The smallest absolute Gasteiger partial charge is 0.344 e. The first-order valence-corrected chi connectivity index (χ1v) is 5.87. The Morgan fingerprint density at radius 1 is 1.06 bits per heavy atom. The summed E-state index contributed by atoms with van der Waals surface area (Å²) < 4.78 is 6.03. The molecule has 3 nitrogen and oxygen atoms in total. The average Bonchev–Trinajstić information content (AvgIpc) is 2.34. The molecule has 3 rings (SSSR count). The van der Waals surface area contributed by atoms with E-state index in [1.54, 1.807) is 18.2 Å². The van der Waals surface area contributed by atoms with E-state index < -0.39 is 0 Å². The van der Waals surface area contributed by atoms with Crippen LogP contribution in [0.4, 0.5) is 5.69 Å². The van der Waals surface area contributed by atoms with E-state index >= 15 is 0 Å². The molecule has 0 aliphatic carbocycles. The van der Waals surface area contributed by atoms with E-state index in [9.17, 15) is 4.79 Å². The largest absolute Gasteiger partial charge is 0.422 e. The highest BCUT2D eigenvalue weighted by Gasteiger charge is 2.11. The van der Waals surface area contributed by atoms with Crippen molar-refractivity contribution in [1.82, 2.24) is 0 Å². The molecule has 84 valence electrons. The third-order valence-corrected chi connectivity index (χ3v) is 3.61. The van der Waals surface area contributed by atoms with Gasteiger partial charge in [-0.2, -0.15) is 0 Å². The molecule has 0 amide bonds. The van der Waals surface area contributed by atoms with E-state index in [2.05, 4.69) is 15.9 Å². The molecule has 0 unspecified atom stereocenters. The van der Waals surface area contributed by atoms with Gasteiger partial charge >= 0.3 is 5.63 Å². The number of hydrogen-bond donors (Lipinski definition) is 1. The zero-order valence-electron chi connectivity index (χ0n) is 8.74. The highest BCUT2D eigenvalue weighted by Crippen LogP contribution is 2.33. The van der Waals surface area contributed by atoms with E-state index in [-0.39, 0.29) is 5.63 Å². The summed E-state index contributed by atoms with van der Waals surface area (Å²) in [6, 6.07) is 10.8. The summed E-state index contributed by atoms with van der Waals surface area (Å²) in [4.78, 5) is 11.8. The van der Waals surface area contributed by atoms with Crippen molar-refractivity contribution in [2.45, 2.75) is 0 Å². The summed E-state index contributed by atoms with van der Waals surface area (Å²) >= 11 is 3.44. The monoisotopic (exact) mass is 289 g/mol. The zero-order valence-corrected chi connectivity index (χ0v) is 10.3. The minimum Gasteiger partial charge on any atom is -0.422 e. The van der Waals surface area contributed by atoms with Gasteiger partial charge in [0.25, 0.3) is 0 Å². The molecule has 4 heteroatoms. The second-order valence-electron chi connectivity index (χ2n) is 3.78. The van der Waals surface area contributed by atoms with Crippen LogP contribution >= 0.6 is 15.9 Å². The second-order valence-corrected chi connectivity index (χ2v) is 4.57. The third kappa shape index (κ3) is 1.45. The average molecular weight is 290 g/mol. The molecular weight excluding hydrogens is 282 g/mol.